The van der Waals surface area contributed by atoms with E-state index >= 15 is 0 Å². The van der Waals surface area contributed by atoms with Crippen molar-refractivity contribution in [1.29, 1.82) is 0 Å². The summed E-state index contributed by atoms with van der Waals surface area (Å²) in [5.41, 5.74) is 2.18. The second kappa shape index (κ2) is 11.3. The summed E-state index contributed by atoms with van der Waals surface area (Å²) in [7, 11) is 3.78. The number of H-pyrrole nitrogens is 1. The van der Waals surface area contributed by atoms with Gasteiger partial charge in [-0.3, -0.25) is 4.99 Å². The highest BCUT2D eigenvalue weighted by atomic mass is 16.5. The summed E-state index contributed by atoms with van der Waals surface area (Å²) in [6, 6.07) is 10.2. The molecule has 1 heterocycles. The van der Waals surface area contributed by atoms with Crippen molar-refractivity contribution in [3.8, 4) is 11.3 Å². The lowest BCUT2D eigenvalue weighted by Gasteiger charge is -2.21. The van der Waals surface area contributed by atoms with Crippen LogP contribution in [0.1, 0.15) is 32.0 Å². The molecular formula is C20H31N5O. The third-order valence-corrected chi connectivity index (χ3v) is 4.06. The van der Waals surface area contributed by atoms with Crippen LogP contribution in [0.15, 0.2) is 41.5 Å². The van der Waals surface area contributed by atoms with Crippen LogP contribution in [0.2, 0.25) is 0 Å². The lowest BCUT2D eigenvalue weighted by Crippen LogP contribution is -2.38. The summed E-state index contributed by atoms with van der Waals surface area (Å²) < 4.78 is 5.08. The van der Waals surface area contributed by atoms with E-state index in [-0.39, 0.29) is 0 Å². The molecule has 0 aliphatic heterocycles. The Balaban J connectivity index is 1.90. The van der Waals surface area contributed by atoms with Gasteiger partial charge in [0.25, 0.3) is 0 Å². The summed E-state index contributed by atoms with van der Waals surface area (Å²) >= 11 is 0. The van der Waals surface area contributed by atoms with Gasteiger partial charge in [0.05, 0.1) is 18.4 Å². The third-order valence-electron chi connectivity index (χ3n) is 4.06. The minimum Gasteiger partial charge on any atom is -0.385 e. The molecule has 0 spiro atoms. The van der Waals surface area contributed by atoms with Crippen LogP contribution in [-0.4, -0.2) is 54.7 Å². The van der Waals surface area contributed by atoms with E-state index in [0.29, 0.717) is 6.54 Å². The average molecular weight is 358 g/mol. The molecule has 0 fully saturated rings. The monoisotopic (exact) mass is 357 g/mol. The van der Waals surface area contributed by atoms with Crippen molar-refractivity contribution in [2.45, 2.75) is 32.7 Å². The molecule has 0 atom stereocenters. The van der Waals surface area contributed by atoms with E-state index in [4.69, 9.17) is 9.73 Å². The highest BCUT2D eigenvalue weighted by Gasteiger charge is 2.09. The Labute approximate surface area is 156 Å². The summed E-state index contributed by atoms with van der Waals surface area (Å²) in [6.07, 6.45) is 5.19. The normalized spacial score (nSPS) is 11.6. The maximum Gasteiger partial charge on any atom is 0.194 e. The fourth-order valence-electron chi connectivity index (χ4n) is 2.70. The fourth-order valence-corrected chi connectivity index (χ4v) is 2.70. The number of guanidine groups is 1. The zero-order chi connectivity index (χ0) is 18.6. The van der Waals surface area contributed by atoms with Crippen LogP contribution < -0.4 is 5.32 Å². The van der Waals surface area contributed by atoms with Crippen LogP contribution in [0.5, 0.6) is 0 Å². The van der Waals surface area contributed by atoms with Gasteiger partial charge in [-0.2, -0.15) is 0 Å². The molecule has 0 saturated carbocycles. The Morgan fingerprint density at radius 1 is 1.23 bits per heavy atom. The third kappa shape index (κ3) is 6.52. The van der Waals surface area contributed by atoms with Gasteiger partial charge in [-0.15, -0.1) is 0 Å². The summed E-state index contributed by atoms with van der Waals surface area (Å²) in [5, 5.41) is 3.35. The molecule has 2 aromatic rings. The van der Waals surface area contributed by atoms with Gasteiger partial charge < -0.3 is 19.9 Å². The first-order chi connectivity index (χ1) is 12.7. The number of aromatic nitrogens is 2. The number of unbranched alkanes of at least 4 members (excludes halogenated alkanes) is 2. The topological polar surface area (TPSA) is 65.5 Å². The molecular weight excluding hydrogens is 326 g/mol. The number of hydrogen-bond acceptors (Lipinski definition) is 3. The molecule has 0 bridgehead atoms. The Morgan fingerprint density at radius 2 is 2.04 bits per heavy atom. The van der Waals surface area contributed by atoms with E-state index in [2.05, 4.69) is 39.2 Å². The molecule has 142 valence electrons. The lowest BCUT2D eigenvalue weighted by atomic mass is 10.2. The average Bonchev–Trinajstić information content (AvgIpc) is 3.13. The lowest BCUT2D eigenvalue weighted by molar-refractivity contribution is 0.192. The number of ether oxygens (including phenoxy) is 1. The number of nitrogens with zero attached hydrogens (tertiary/aromatic N) is 3. The van der Waals surface area contributed by atoms with E-state index in [1.807, 2.05) is 31.4 Å². The molecule has 2 rings (SSSR count). The van der Waals surface area contributed by atoms with Crippen LogP contribution in [0.25, 0.3) is 11.3 Å². The van der Waals surface area contributed by atoms with E-state index < -0.39 is 0 Å². The molecule has 0 amide bonds. The molecule has 1 aromatic carbocycles. The van der Waals surface area contributed by atoms with Crippen molar-refractivity contribution in [3.63, 3.8) is 0 Å². The molecule has 6 nitrogen and oxygen atoms in total. The molecule has 6 heteroatoms. The summed E-state index contributed by atoms with van der Waals surface area (Å²) in [6.45, 7) is 5.26. The van der Waals surface area contributed by atoms with Crippen molar-refractivity contribution in [3.05, 3.63) is 42.4 Å². The van der Waals surface area contributed by atoms with Gasteiger partial charge >= 0.3 is 0 Å². The minimum absolute atomic E-state index is 0.683. The second-order valence-corrected chi connectivity index (χ2v) is 6.25. The van der Waals surface area contributed by atoms with Gasteiger partial charge in [0, 0.05) is 33.9 Å². The summed E-state index contributed by atoms with van der Waals surface area (Å²) in [4.78, 5) is 14.7. The number of imidazole rings is 1. The molecule has 26 heavy (non-hydrogen) atoms. The fraction of sp³-hybridized carbons (Fsp3) is 0.500. The standard InChI is InChI=1S/C20H31N5O/c1-4-21-20(22-13-9-6-10-14-26-3)25(2)16-19-23-15-18(24-19)17-11-7-5-8-12-17/h5,7-8,11-12,15H,4,6,9-10,13-14,16H2,1-3H3,(H,21,22)(H,23,24). The predicted molar refractivity (Wildman–Crippen MR) is 107 cm³/mol. The van der Waals surface area contributed by atoms with Crippen molar-refractivity contribution in [2.24, 2.45) is 4.99 Å². The zero-order valence-corrected chi connectivity index (χ0v) is 16.2. The molecule has 0 saturated heterocycles. The van der Waals surface area contributed by atoms with Gasteiger partial charge in [0.1, 0.15) is 5.82 Å². The number of hydrogen-bond donors (Lipinski definition) is 2. The number of nitrogens with one attached hydrogen (secondary N) is 2. The first-order valence-corrected chi connectivity index (χ1v) is 9.32. The molecule has 0 aliphatic carbocycles. The Hall–Kier alpha value is -2.34. The van der Waals surface area contributed by atoms with Crippen molar-refractivity contribution in [1.82, 2.24) is 20.2 Å². The minimum atomic E-state index is 0.683. The van der Waals surface area contributed by atoms with Crippen LogP contribution in [-0.2, 0) is 11.3 Å². The predicted octanol–water partition coefficient (Wildman–Crippen LogP) is 3.29. The van der Waals surface area contributed by atoms with Crippen LogP contribution in [0, 0.1) is 0 Å². The van der Waals surface area contributed by atoms with Crippen LogP contribution in [0.4, 0.5) is 0 Å². The van der Waals surface area contributed by atoms with Gasteiger partial charge in [-0.25, -0.2) is 4.98 Å². The maximum absolute atomic E-state index is 5.08. The van der Waals surface area contributed by atoms with E-state index in [1.54, 1.807) is 7.11 Å². The molecule has 1 aromatic heterocycles. The Bertz CT molecular complexity index is 653. The van der Waals surface area contributed by atoms with Gasteiger partial charge in [-0.1, -0.05) is 30.3 Å². The summed E-state index contributed by atoms with van der Waals surface area (Å²) in [5.74, 6) is 1.84. The molecule has 0 aliphatic rings. The molecule has 0 unspecified atom stereocenters. The van der Waals surface area contributed by atoms with Crippen LogP contribution in [0.3, 0.4) is 0 Å². The van der Waals surface area contributed by atoms with Crippen molar-refractivity contribution >= 4 is 5.96 Å². The number of rotatable bonds is 10. The first-order valence-electron chi connectivity index (χ1n) is 9.32. The molecule has 2 N–H and O–H groups in total. The quantitative estimate of drug-likeness (QED) is 0.389. The van der Waals surface area contributed by atoms with Gasteiger partial charge in [-0.05, 0) is 31.7 Å². The maximum atomic E-state index is 5.08. The van der Waals surface area contributed by atoms with E-state index in [1.165, 1.54) is 0 Å². The van der Waals surface area contributed by atoms with Crippen LogP contribution >= 0.6 is 0 Å². The number of aromatic amines is 1. The first kappa shape index (κ1) is 20.0. The Morgan fingerprint density at radius 3 is 2.77 bits per heavy atom. The van der Waals surface area contributed by atoms with Gasteiger partial charge in [0.2, 0.25) is 0 Å². The van der Waals surface area contributed by atoms with Gasteiger partial charge in [0.15, 0.2) is 5.96 Å². The number of benzene rings is 1. The molecule has 0 radical (unpaired) electrons. The van der Waals surface area contributed by atoms with Crippen molar-refractivity contribution < 1.29 is 4.74 Å². The van der Waals surface area contributed by atoms with E-state index in [9.17, 15) is 0 Å². The SMILES string of the molecule is CCNC(=NCCCCCOC)N(C)Cc1ncc(-c2ccccc2)[nH]1. The zero-order valence-electron chi connectivity index (χ0n) is 16.2. The number of methoxy groups -OCH3 is 1. The Kier molecular flexibility index (Phi) is 8.69. The largest absolute Gasteiger partial charge is 0.385 e. The number of aliphatic imine (C=N–C) groups is 1. The smallest absolute Gasteiger partial charge is 0.194 e. The second-order valence-electron chi connectivity index (χ2n) is 6.25. The van der Waals surface area contributed by atoms with E-state index in [0.717, 1.165) is 62.0 Å². The highest BCUT2D eigenvalue weighted by Crippen LogP contribution is 2.16. The van der Waals surface area contributed by atoms with Crippen molar-refractivity contribution in [2.75, 3.05) is 33.9 Å². The highest BCUT2D eigenvalue weighted by molar-refractivity contribution is 5.79.